The molecule has 1 aromatic rings. The highest BCUT2D eigenvalue weighted by atomic mass is 16.5. The summed E-state index contributed by atoms with van der Waals surface area (Å²) in [7, 11) is 0. The molecule has 8 heteroatoms. The number of carbonyl (C=O) groups excluding carboxylic acids is 3. The van der Waals surface area contributed by atoms with Crippen molar-refractivity contribution in [2.75, 3.05) is 56.6 Å². The van der Waals surface area contributed by atoms with Crippen LogP contribution < -0.4 is 15.5 Å². The molecule has 1 aromatic carbocycles. The average Bonchev–Trinajstić information content (AvgIpc) is 2.61. The molecule has 0 bridgehead atoms. The third-order valence-corrected chi connectivity index (χ3v) is 4.16. The number of anilines is 2. The zero-order chi connectivity index (χ0) is 18.9. The van der Waals surface area contributed by atoms with E-state index in [2.05, 4.69) is 10.6 Å². The first-order chi connectivity index (χ1) is 12.5. The highest BCUT2D eigenvalue weighted by Crippen LogP contribution is 2.13. The Kier molecular flexibility index (Phi) is 7.55. The minimum Gasteiger partial charge on any atom is -0.370 e. The van der Waals surface area contributed by atoms with Gasteiger partial charge >= 0.3 is 0 Å². The van der Waals surface area contributed by atoms with Crippen molar-refractivity contribution in [3.63, 3.8) is 0 Å². The molecular weight excluding hydrogens is 336 g/mol. The van der Waals surface area contributed by atoms with Gasteiger partial charge in [0.1, 0.15) is 19.6 Å². The topological polar surface area (TPSA) is 92.2 Å². The predicted molar refractivity (Wildman–Crippen MR) is 98.0 cm³/mol. The van der Waals surface area contributed by atoms with Crippen molar-refractivity contribution in [2.45, 2.75) is 13.8 Å². The average molecular weight is 363 g/mol. The molecule has 0 atom stereocenters. The summed E-state index contributed by atoms with van der Waals surface area (Å²) in [5.74, 6) is -0.425. The van der Waals surface area contributed by atoms with Crippen LogP contribution in [-0.2, 0) is 19.1 Å². The van der Waals surface area contributed by atoms with Gasteiger partial charge in [-0.15, -0.1) is 0 Å². The van der Waals surface area contributed by atoms with Crippen molar-refractivity contribution >= 4 is 29.1 Å². The number of rotatable bonds is 7. The fourth-order valence-corrected chi connectivity index (χ4v) is 2.75. The van der Waals surface area contributed by atoms with Crippen LogP contribution in [-0.4, -0.2) is 68.6 Å². The summed E-state index contributed by atoms with van der Waals surface area (Å²) in [6, 6.07) is 6.83. The highest BCUT2D eigenvalue weighted by molar-refractivity contribution is 5.95. The summed E-state index contributed by atoms with van der Waals surface area (Å²) in [5.41, 5.74) is 1.28. The van der Waals surface area contributed by atoms with Gasteiger partial charge in [-0.3, -0.25) is 14.4 Å². The first-order valence-electron chi connectivity index (χ1n) is 8.84. The fourth-order valence-electron chi connectivity index (χ4n) is 2.75. The first-order valence-corrected chi connectivity index (χ1v) is 8.84. The highest BCUT2D eigenvalue weighted by Gasteiger charge is 2.22. The molecule has 0 spiro atoms. The summed E-state index contributed by atoms with van der Waals surface area (Å²) in [6.45, 7) is 7.16. The van der Waals surface area contributed by atoms with Crippen molar-refractivity contribution in [1.29, 1.82) is 0 Å². The molecule has 1 aliphatic heterocycles. The molecule has 142 valence electrons. The van der Waals surface area contributed by atoms with Crippen LogP contribution in [0.15, 0.2) is 24.3 Å². The zero-order valence-electron chi connectivity index (χ0n) is 15.3. The Hall–Kier alpha value is -2.45. The largest absolute Gasteiger partial charge is 0.370 e. The van der Waals surface area contributed by atoms with Crippen molar-refractivity contribution < 1.29 is 24.0 Å². The molecule has 26 heavy (non-hydrogen) atoms. The van der Waals surface area contributed by atoms with Gasteiger partial charge in [-0.05, 0) is 31.2 Å². The van der Waals surface area contributed by atoms with Crippen LogP contribution in [0.4, 0.5) is 11.4 Å². The van der Waals surface area contributed by atoms with E-state index in [0.29, 0.717) is 37.7 Å². The maximum absolute atomic E-state index is 12.4. The molecular formula is C18H27N4O4+. The van der Waals surface area contributed by atoms with Crippen molar-refractivity contribution in [3.8, 4) is 0 Å². The Morgan fingerprint density at radius 2 is 1.65 bits per heavy atom. The SMILES string of the molecule is CCN(CC(=O)Nc1ccc(NC(C)=O)cc1)C(=O)C[NH+]1CCOCC1. The molecule has 1 heterocycles. The van der Waals surface area contributed by atoms with Gasteiger partial charge in [0.15, 0.2) is 6.54 Å². The summed E-state index contributed by atoms with van der Waals surface area (Å²) < 4.78 is 5.30. The summed E-state index contributed by atoms with van der Waals surface area (Å²) in [4.78, 5) is 38.4. The molecule has 0 saturated carbocycles. The maximum Gasteiger partial charge on any atom is 0.278 e. The van der Waals surface area contributed by atoms with Gasteiger partial charge < -0.3 is 25.2 Å². The van der Waals surface area contributed by atoms with E-state index in [1.807, 2.05) is 6.92 Å². The van der Waals surface area contributed by atoms with Gasteiger partial charge in [0.05, 0.1) is 13.2 Å². The third kappa shape index (κ3) is 6.45. The fraction of sp³-hybridized carbons (Fsp3) is 0.500. The molecule has 0 radical (unpaired) electrons. The minimum atomic E-state index is -0.246. The molecule has 3 amide bonds. The zero-order valence-corrected chi connectivity index (χ0v) is 15.3. The standard InChI is InChI=1S/C18H26N4O4/c1-3-22(18(25)13-21-8-10-26-11-9-21)12-17(24)20-16-6-4-15(5-7-16)19-14(2)23/h4-7H,3,8-13H2,1-2H3,(H,19,23)(H,20,24)/p+1. The van der Waals surface area contributed by atoms with Crippen molar-refractivity contribution in [1.82, 2.24) is 4.90 Å². The lowest BCUT2D eigenvalue weighted by atomic mass is 10.2. The van der Waals surface area contributed by atoms with Crippen molar-refractivity contribution in [2.24, 2.45) is 0 Å². The van der Waals surface area contributed by atoms with E-state index in [0.717, 1.165) is 13.1 Å². The van der Waals surface area contributed by atoms with Crippen LogP contribution in [0.2, 0.25) is 0 Å². The normalized spacial score (nSPS) is 14.5. The van der Waals surface area contributed by atoms with Gasteiger partial charge in [0.25, 0.3) is 5.91 Å². The van der Waals surface area contributed by atoms with E-state index >= 15 is 0 Å². The second-order valence-corrected chi connectivity index (χ2v) is 6.25. The van der Waals surface area contributed by atoms with Crippen LogP contribution in [0.5, 0.6) is 0 Å². The van der Waals surface area contributed by atoms with Crippen LogP contribution in [0.25, 0.3) is 0 Å². The Morgan fingerprint density at radius 3 is 2.19 bits per heavy atom. The maximum atomic E-state index is 12.4. The monoisotopic (exact) mass is 363 g/mol. The summed E-state index contributed by atoms with van der Waals surface area (Å²) in [6.07, 6.45) is 0. The van der Waals surface area contributed by atoms with E-state index in [9.17, 15) is 14.4 Å². The molecule has 2 rings (SSSR count). The minimum absolute atomic E-state index is 0.0204. The van der Waals surface area contributed by atoms with Crippen LogP contribution in [0.3, 0.4) is 0 Å². The van der Waals surface area contributed by atoms with Crippen LogP contribution in [0, 0.1) is 0 Å². The third-order valence-electron chi connectivity index (χ3n) is 4.16. The lowest BCUT2D eigenvalue weighted by Gasteiger charge is -2.26. The number of amides is 3. The second kappa shape index (κ2) is 9.88. The van der Waals surface area contributed by atoms with Crippen LogP contribution in [0.1, 0.15) is 13.8 Å². The lowest BCUT2D eigenvalue weighted by molar-refractivity contribution is -0.900. The van der Waals surface area contributed by atoms with E-state index < -0.39 is 0 Å². The molecule has 0 aliphatic carbocycles. The van der Waals surface area contributed by atoms with Crippen molar-refractivity contribution in [3.05, 3.63) is 24.3 Å². The van der Waals surface area contributed by atoms with Gasteiger partial charge in [-0.25, -0.2) is 0 Å². The second-order valence-electron chi connectivity index (χ2n) is 6.25. The number of nitrogens with one attached hydrogen (secondary N) is 3. The van der Waals surface area contributed by atoms with E-state index in [1.54, 1.807) is 29.2 Å². The molecule has 1 aliphatic rings. The number of hydrogen-bond donors (Lipinski definition) is 3. The molecule has 0 aromatic heterocycles. The predicted octanol–water partition coefficient (Wildman–Crippen LogP) is -0.653. The van der Waals surface area contributed by atoms with Gasteiger partial charge in [0, 0.05) is 24.8 Å². The Morgan fingerprint density at radius 1 is 1.08 bits per heavy atom. The Bertz CT molecular complexity index is 627. The number of hydrogen-bond acceptors (Lipinski definition) is 4. The Balaban J connectivity index is 1.83. The molecule has 8 nitrogen and oxygen atoms in total. The Labute approximate surface area is 153 Å². The lowest BCUT2D eigenvalue weighted by Crippen LogP contribution is -3.15. The first kappa shape index (κ1) is 19.9. The molecule has 1 fully saturated rings. The van der Waals surface area contributed by atoms with Crippen LogP contribution >= 0.6 is 0 Å². The number of quaternary nitrogens is 1. The number of carbonyl (C=O) groups is 3. The molecule has 0 unspecified atom stereocenters. The number of morpholine rings is 1. The summed E-state index contributed by atoms with van der Waals surface area (Å²) in [5, 5.41) is 5.44. The smallest absolute Gasteiger partial charge is 0.278 e. The van der Waals surface area contributed by atoms with E-state index in [-0.39, 0.29) is 24.3 Å². The van der Waals surface area contributed by atoms with E-state index in [1.165, 1.54) is 11.8 Å². The summed E-state index contributed by atoms with van der Waals surface area (Å²) >= 11 is 0. The number of benzene rings is 1. The molecule has 3 N–H and O–H groups in total. The quantitative estimate of drug-likeness (QED) is 0.600. The number of likely N-dealkylation sites (N-methyl/N-ethyl adjacent to an activating group) is 1. The van der Waals surface area contributed by atoms with Gasteiger partial charge in [0.2, 0.25) is 11.8 Å². The molecule has 1 saturated heterocycles. The van der Waals surface area contributed by atoms with Gasteiger partial charge in [-0.2, -0.15) is 0 Å². The van der Waals surface area contributed by atoms with E-state index in [4.69, 9.17) is 4.74 Å². The number of nitrogens with zero attached hydrogens (tertiary/aromatic N) is 1. The van der Waals surface area contributed by atoms with Gasteiger partial charge in [-0.1, -0.05) is 0 Å². The number of ether oxygens (including phenoxy) is 1.